The van der Waals surface area contributed by atoms with E-state index < -0.39 is 0 Å². The van der Waals surface area contributed by atoms with Crippen molar-refractivity contribution in [3.63, 3.8) is 0 Å². The standard InChI is InChI=1S/C9H15NO2/c1-4-5-10-8(7(2)3)6-12-9(10)11/h4,7-8H,1,5-6H2,2-3H3/t8-/m1/s1. The third-order valence-electron chi connectivity index (χ3n) is 2.11. The van der Waals surface area contributed by atoms with Crippen LogP contribution in [0.1, 0.15) is 13.8 Å². The van der Waals surface area contributed by atoms with E-state index >= 15 is 0 Å². The molecule has 0 spiro atoms. The lowest BCUT2D eigenvalue weighted by Crippen LogP contribution is -2.37. The van der Waals surface area contributed by atoms with Crippen molar-refractivity contribution in [3.8, 4) is 0 Å². The van der Waals surface area contributed by atoms with Gasteiger partial charge in [0.25, 0.3) is 0 Å². The Morgan fingerprint density at radius 3 is 3.00 bits per heavy atom. The van der Waals surface area contributed by atoms with Crippen LogP contribution in [0.3, 0.4) is 0 Å². The quantitative estimate of drug-likeness (QED) is 0.601. The molecular formula is C9H15NO2. The minimum absolute atomic E-state index is 0.214. The molecule has 1 amide bonds. The molecule has 0 radical (unpaired) electrons. The van der Waals surface area contributed by atoms with Crippen molar-refractivity contribution < 1.29 is 9.53 Å². The number of rotatable bonds is 3. The fraction of sp³-hybridized carbons (Fsp3) is 0.667. The number of ether oxygens (including phenoxy) is 1. The number of cyclic esters (lactones) is 1. The normalized spacial score (nSPS) is 23.1. The summed E-state index contributed by atoms with van der Waals surface area (Å²) in [4.78, 5) is 12.9. The molecule has 3 nitrogen and oxygen atoms in total. The van der Waals surface area contributed by atoms with E-state index in [0.29, 0.717) is 19.1 Å². The molecule has 0 bridgehead atoms. The molecular weight excluding hydrogens is 154 g/mol. The van der Waals surface area contributed by atoms with Crippen molar-refractivity contribution in [2.24, 2.45) is 5.92 Å². The Labute approximate surface area is 73.0 Å². The molecule has 12 heavy (non-hydrogen) atoms. The van der Waals surface area contributed by atoms with Crippen molar-refractivity contribution >= 4 is 6.09 Å². The lowest BCUT2D eigenvalue weighted by molar-refractivity contribution is 0.160. The monoisotopic (exact) mass is 169 g/mol. The Hall–Kier alpha value is -0.990. The second-order valence-electron chi connectivity index (χ2n) is 3.33. The maximum Gasteiger partial charge on any atom is 0.410 e. The van der Waals surface area contributed by atoms with Crippen molar-refractivity contribution in [1.82, 2.24) is 4.90 Å². The summed E-state index contributed by atoms with van der Waals surface area (Å²) in [7, 11) is 0. The Morgan fingerprint density at radius 2 is 2.50 bits per heavy atom. The second-order valence-corrected chi connectivity index (χ2v) is 3.33. The number of hydrogen-bond acceptors (Lipinski definition) is 2. The average molecular weight is 169 g/mol. The Bertz CT molecular complexity index is 189. The van der Waals surface area contributed by atoms with E-state index in [-0.39, 0.29) is 12.1 Å². The third kappa shape index (κ3) is 1.60. The molecule has 0 saturated carbocycles. The molecule has 1 rings (SSSR count). The van der Waals surface area contributed by atoms with Gasteiger partial charge in [0.05, 0.1) is 6.04 Å². The first kappa shape index (κ1) is 9.10. The molecule has 68 valence electrons. The second kappa shape index (κ2) is 3.61. The van der Waals surface area contributed by atoms with Crippen LogP contribution >= 0.6 is 0 Å². The molecule has 0 aromatic heterocycles. The van der Waals surface area contributed by atoms with E-state index in [9.17, 15) is 4.79 Å². The average Bonchev–Trinajstić information content (AvgIpc) is 2.34. The Kier molecular flexibility index (Phi) is 2.74. The van der Waals surface area contributed by atoms with E-state index in [1.807, 2.05) is 0 Å². The summed E-state index contributed by atoms with van der Waals surface area (Å²) in [6, 6.07) is 0.218. The van der Waals surface area contributed by atoms with Crippen LogP contribution in [0.25, 0.3) is 0 Å². The van der Waals surface area contributed by atoms with Gasteiger partial charge in [-0.2, -0.15) is 0 Å². The molecule has 1 aliphatic heterocycles. The van der Waals surface area contributed by atoms with Gasteiger partial charge in [-0.15, -0.1) is 6.58 Å². The molecule has 0 aliphatic carbocycles. The van der Waals surface area contributed by atoms with E-state index in [1.165, 1.54) is 0 Å². The summed E-state index contributed by atoms with van der Waals surface area (Å²) in [6.07, 6.45) is 1.51. The van der Waals surface area contributed by atoms with Gasteiger partial charge < -0.3 is 4.74 Å². The lowest BCUT2D eigenvalue weighted by atomic mass is 10.1. The topological polar surface area (TPSA) is 29.5 Å². The van der Waals surface area contributed by atoms with Crippen LogP contribution in [-0.2, 0) is 4.74 Å². The van der Waals surface area contributed by atoms with E-state index in [2.05, 4.69) is 20.4 Å². The van der Waals surface area contributed by atoms with Crippen molar-refractivity contribution in [1.29, 1.82) is 0 Å². The Morgan fingerprint density at radius 1 is 1.83 bits per heavy atom. The fourth-order valence-corrected chi connectivity index (χ4v) is 1.37. The van der Waals surface area contributed by atoms with Gasteiger partial charge in [0.1, 0.15) is 6.61 Å². The van der Waals surface area contributed by atoms with Gasteiger partial charge in [-0.05, 0) is 5.92 Å². The molecule has 1 saturated heterocycles. The van der Waals surface area contributed by atoms with Gasteiger partial charge in [0, 0.05) is 6.54 Å². The van der Waals surface area contributed by atoms with Crippen molar-refractivity contribution in [2.75, 3.05) is 13.2 Å². The highest BCUT2D eigenvalue weighted by Gasteiger charge is 2.33. The summed E-state index contributed by atoms with van der Waals surface area (Å²) in [5.74, 6) is 0.441. The minimum atomic E-state index is -0.214. The summed E-state index contributed by atoms with van der Waals surface area (Å²) in [6.45, 7) is 8.88. The summed E-state index contributed by atoms with van der Waals surface area (Å²) < 4.78 is 4.93. The Balaban J connectivity index is 2.63. The summed E-state index contributed by atoms with van der Waals surface area (Å²) in [5, 5.41) is 0. The largest absolute Gasteiger partial charge is 0.447 e. The summed E-state index contributed by atoms with van der Waals surface area (Å²) >= 11 is 0. The lowest BCUT2D eigenvalue weighted by Gasteiger charge is -2.22. The zero-order valence-electron chi connectivity index (χ0n) is 7.62. The van der Waals surface area contributed by atoms with Crippen LogP contribution in [0, 0.1) is 5.92 Å². The maximum absolute atomic E-state index is 11.1. The van der Waals surface area contributed by atoms with Gasteiger partial charge in [-0.25, -0.2) is 4.79 Å². The number of amides is 1. The highest BCUT2D eigenvalue weighted by molar-refractivity contribution is 5.70. The molecule has 1 heterocycles. The van der Waals surface area contributed by atoms with E-state index in [4.69, 9.17) is 4.74 Å². The molecule has 0 unspecified atom stereocenters. The highest BCUT2D eigenvalue weighted by Crippen LogP contribution is 2.18. The molecule has 0 N–H and O–H groups in total. The molecule has 1 atom stereocenters. The molecule has 3 heteroatoms. The van der Waals surface area contributed by atoms with Crippen LogP contribution in [0.5, 0.6) is 0 Å². The van der Waals surface area contributed by atoms with Crippen LogP contribution in [-0.4, -0.2) is 30.2 Å². The minimum Gasteiger partial charge on any atom is -0.447 e. The fourth-order valence-electron chi connectivity index (χ4n) is 1.37. The first-order valence-corrected chi connectivity index (χ1v) is 4.21. The molecule has 0 aromatic carbocycles. The molecule has 0 aromatic rings. The van der Waals surface area contributed by atoms with Gasteiger partial charge in [-0.3, -0.25) is 4.90 Å². The highest BCUT2D eigenvalue weighted by atomic mass is 16.6. The molecule has 1 fully saturated rings. The van der Waals surface area contributed by atoms with Crippen LogP contribution in [0.15, 0.2) is 12.7 Å². The van der Waals surface area contributed by atoms with Crippen LogP contribution in [0.4, 0.5) is 4.79 Å². The van der Waals surface area contributed by atoms with Gasteiger partial charge in [0.15, 0.2) is 0 Å². The zero-order chi connectivity index (χ0) is 9.14. The SMILES string of the molecule is C=CCN1C(=O)OC[C@@H]1C(C)C. The molecule has 1 aliphatic rings. The van der Waals surface area contributed by atoms with Crippen molar-refractivity contribution in [2.45, 2.75) is 19.9 Å². The predicted molar refractivity (Wildman–Crippen MR) is 46.9 cm³/mol. The van der Waals surface area contributed by atoms with E-state index in [0.717, 1.165) is 0 Å². The smallest absolute Gasteiger partial charge is 0.410 e. The van der Waals surface area contributed by atoms with Gasteiger partial charge in [0.2, 0.25) is 0 Å². The van der Waals surface area contributed by atoms with Crippen LogP contribution < -0.4 is 0 Å². The summed E-state index contributed by atoms with van der Waals surface area (Å²) in [5.41, 5.74) is 0. The zero-order valence-corrected chi connectivity index (χ0v) is 7.62. The number of carbonyl (C=O) groups is 1. The number of carbonyl (C=O) groups excluding carboxylic acids is 1. The number of hydrogen-bond donors (Lipinski definition) is 0. The predicted octanol–water partition coefficient (Wildman–Crippen LogP) is 1.65. The van der Waals surface area contributed by atoms with Crippen LogP contribution in [0.2, 0.25) is 0 Å². The first-order chi connectivity index (χ1) is 5.66. The third-order valence-corrected chi connectivity index (χ3v) is 2.11. The maximum atomic E-state index is 11.1. The number of nitrogens with zero attached hydrogens (tertiary/aromatic N) is 1. The van der Waals surface area contributed by atoms with Crippen molar-refractivity contribution in [3.05, 3.63) is 12.7 Å². The van der Waals surface area contributed by atoms with E-state index in [1.54, 1.807) is 11.0 Å². The first-order valence-electron chi connectivity index (χ1n) is 4.21. The van der Waals surface area contributed by atoms with Gasteiger partial charge in [-0.1, -0.05) is 19.9 Å². The van der Waals surface area contributed by atoms with Gasteiger partial charge >= 0.3 is 6.09 Å².